The molecule has 2 aromatic rings. The smallest absolute Gasteiger partial charge is 0.493 e. The number of benzene rings is 2. The van der Waals surface area contributed by atoms with Crippen LogP contribution in [0.3, 0.4) is 0 Å². The topological polar surface area (TPSA) is 25.3 Å². The number of rotatable bonds is 47. The van der Waals surface area contributed by atoms with Gasteiger partial charge in [0.05, 0.1) is 0 Å². The zero-order chi connectivity index (χ0) is 55.7. The molecule has 0 aliphatic carbocycles. The van der Waals surface area contributed by atoms with E-state index in [2.05, 4.69) is 107 Å². The Hall–Kier alpha value is -1.99. The maximum absolute atomic E-state index is 12.3. The Balaban J connectivity index is 0.00000162. The van der Waals surface area contributed by atoms with E-state index in [1.807, 2.05) is 0 Å². The molecule has 1 aliphatic rings. The first-order chi connectivity index (χ1) is 37.3. The monoisotopic (exact) mass is 1100 g/mol. The molecule has 0 fully saturated rings. The molecule has 0 amide bonds. The molecular formula is C74H130N2Ni. The van der Waals surface area contributed by atoms with Crippen LogP contribution in [0.5, 0.6) is 0 Å². The van der Waals surface area contributed by atoms with Gasteiger partial charge in [0.15, 0.2) is 0 Å². The second kappa shape index (κ2) is 53.3. The molecule has 0 N–H and O–H groups in total. The predicted molar refractivity (Wildman–Crippen MR) is 345 cm³/mol. The molecule has 1 aliphatic heterocycles. The first kappa shape index (κ1) is 75.0. The van der Waals surface area contributed by atoms with E-state index < -0.39 is 0 Å². The van der Waals surface area contributed by atoms with Crippen LogP contribution in [0.1, 0.15) is 370 Å². The molecule has 0 unspecified atom stereocenters. The van der Waals surface area contributed by atoms with Gasteiger partial charge in [0.1, 0.15) is 0 Å². The Labute approximate surface area is 493 Å². The van der Waals surface area contributed by atoms with Gasteiger partial charge in [-0.1, -0.05) is 261 Å². The van der Waals surface area contributed by atoms with Gasteiger partial charge < -0.3 is 19.4 Å². The number of allylic oxidation sites excluding steroid dienone is 2. The van der Waals surface area contributed by atoms with Crippen LogP contribution in [0.25, 0.3) is 16.9 Å². The molecule has 0 saturated heterocycles. The third kappa shape index (κ3) is 34.2. The number of nitrogens with zero attached hydrogens (tertiary/aromatic N) is 2. The molecule has 446 valence electrons. The van der Waals surface area contributed by atoms with Gasteiger partial charge in [0.25, 0.3) is 0 Å². The van der Waals surface area contributed by atoms with Crippen LogP contribution in [-0.2, 0) is 55.0 Å². The molecule has 1 heterocycles. The van der Waals surface area contributed by atoms with Gasteiger partial charge in [0, 0.05) is 22.8 Å². The van der Waals surface area contributed by atoms with E-state index in [-0.39, 0.29) is 16.5 Å². The molecule has 3 rings (SSSR count). The maximum Gasteiger partial charge on any atom is 2.00 e. The van der Waals surface area contributed by atoms with Crippen LogP contribution >= 0.6 is 0 Å². The Morgan fingerprint density at radius 1 is 0.312 bits per heavy atom. The Morgan fingerprint density at radius 2 is 0.571 bits per heavy atom. The third-order valence-corrected chi connectivity index (χ3v) is 16.3. The van der Waals surface area contributed by atoms with Crippen molar-refractivity contribution in [3.63, 3.8) is 0 Å². The van der Waals surface area contributed by atoms with E-state index in [1.165, 1.54) is 296 Å². The molecule has 0 spiro atoms. The van der Waals surface area contributed by atoms with Crippen molar-refractivity contribution in [2.45, 2.75) is 364 Å². The molecule has 3 heteroatoms. The minimum Gasteiger partial charge on any atom is -0.493 e. The largest absolute Gasteiger partial charge is 2.00 e. The molecular weight excluding hydrogens is 976 g/mol. The Bertz CT molecular complexity index is 1640. The minimum atomic E-state index is 0. The van der Waals surface area contributed by atoms with Gasteiger partial charge in [-0.25, -0.2) is 4.70 Å². The SMILES string of the molecule is CCCCCCC1=C(c2cc(CCCC)c(CCCC)c(CCCC)c2)[N+](=[N-])C(c2cc(CCCC)c(CCCC)c(CCCC)c2)=C1.[CH2-]CCCCCCCCCCCCC.[CH2-]CCCCCCCCCCCCC.[Ni+2]. The molecule has 2 nitrogen and oxygen atoms in total. The summed E-state index contributed by atoms with van der Waals surface area (Å²) >= 11 is 0. The van der Waals surface area contributed by atoms with Crippen molar-refractivity contribution in [2.75, 3.05) is 0 Å². The fraction of sp³-hybridized carbons (Fsp3) is 0.757. The second-order valence-corrected chi connectivity index (χ2v) is 23.5. The summed E-state index contributed by atoms with van der Waals surface area (Å²) in [6.07, 6.45) is 63.6. The number of hydrogen-bond donors (Lipinski definition) is 0. The van der Waals surface area contributed by atoms with Crippen LogP contribution in [0.15, 0.2) is 35.9 Å². The van der Waals surface area contributed by atoms with Crippen LogP contribution in [0.2, 0.25) is 0 Å². The predicted octanol–water partition coefficient (Wildman–Crippen LogP) is 25.6. The average Bonchev–Trinajstić information content (AvgIpc) is 3.78. The van der Waals surface area contributed by atoms with E-state index in [0.29, 0.717) is 0 Å². The zero-order valence-electron chi connectivity index (χ0n) is 53.2. The molecule has 77 heavy (non-hydrogen) atoms. The Morgan fingerprint density at radius 3 is 0.870 bits per heavy atom. The molecule has 2 aromatic carbocycles. The summed E-state index contributed by atoms with van der Waals surface area (Å²) < 4.78 is 1.61. The third-order valence-electron chi connectivity index (χ3n) is 16.3. The molecule has 0 bridgehead atoms. The molecule has 0 atom stereocenters. The van der Waals surface area contributed by atoms with Gasteiger partial charge in [-0.2, -0.15) is 12.8 Å². The first-order valence-electron chi connectivity index (χ1n) is 34.1. The van der Waals surface area contributed by atoms with Crippen molar-refractivity contribution in [3.05, 3.63) is 99.8 Å². The molecule has 0 saturated carbocycles. The number of hydrogen-bond acceptors (Lipinski definition) is 0. The first-order valence-corrected chi connectivity index (χ1v) is 34.1. The van der Waals surface area contributed by atoms with Crippen LogP contribution in [-0.4, -0.2) is 4.70 Å². The van der Waals surface area contributed by atoms with Crippen molar-refractivity contribution < 1.29 is 21.2 Å². The van der Waals surface area contributed by atoms with Gasteiger partial charge >= 0.3 is 16.5 Å². The van der Waals surface area contributed by atoms with Crippen molar-refractivity contribution in [3.8, 4) is 0 Å². The summed E-state index contributed by atoms with van der Waals surface area (Å²) in [6.45, 7) is 28.4. The maximum atomic E-state index is 12.3. The van der Waals surface area contributed by atoms with Crippen molar-refractivity contribution in [1.29, 1.82) is 0 Å². The second-order valence-electron chi connectivity index (χ2n) is 23.5. The normalized spacial score (nSPS) is 12.1. The van der Waals surface area contributed by atoms with Crippen LogP contribution in [0, 0.1) is 13.8 Å². The molecule has 0 aromatic heterocycles. The van der Waals surface area contributed by atoms with Crippen LogP contribution in [0.4, 0.5) is 0 Å². The standard InChI is InChI=1S/C46H72N2.2C14H29.Ni/c1-8-15-22-23-28-40-35-45(41-31-36(24-16-9-2)43(29-20-13-6)37(32-41)25-17-10-3)48(47)46(40)42-33-38(26-18-11-4)44(30-21-14-7)39(34-42)27-19-12-5;2*1-3-5-7-9-11-13-14-12-10-8-6-4-2;/h31-35H,8-30H2,1-7H3;2*1,3-14H2,2H3;/q;2*-1;+2. The summed E-state index contributed by atoms with van der Waals surface area (Å²) in [7, 11) is 0. The molecule has 0 radical (unpaired) electrons. The summed E-state index contributed by atoms with van der Waals surface area (Å²) in [4.78, 5) is 0. The number of aryl methyl sites for hydroxylation is 4. The van der Waals surface area contributed by atoms with Crippen molar-refractivity contribution >= 4 is 11.4 Å². The summed E-state index contributed by atoms with van der Waals surface area (Å²) in [6, 6.07) is 9.86. The van der Waals surface area contributed by atoms with Crippen molar-refractivity contribution in [2.24, 2.45) is 0 Å². The van der Waals surface area contributed by atoms with Crippen molar-refractivity contribution in [1.82, 2.24) is 0 Å². The quantitative estimate of drug-likeness (QED) is 0.0273. The fourth-order valence-electron chi connectivity index (χ4n) is 11.3. The van der Waals surface area contributed by atoms with Gasteiger partial charge in [-0.3, -0.25) is 0 Å². The Kier molecular flexibility index (Phi) is 52.0. The minimum absolute atomic E-state index is 0. The van der Waals surface area contributed by atoms with Gasteiger partial charge in [-0.15, -0.1) is 0 Å². The summed E-state index contributed by atoms with van der Waals surface area (Å²) in [5.41, 5.74) is 27.4. The van der Waals surface area contributed by atoms with E-state index >= 15 is 0 Å². The van der Waals surface area contributed by atoms with E-state index in [0.717, 1.165) is 56.3 Å². The average molecular weight is 1110 g/mol. The number of unbranched alkanes of at least 4 members (excludes halogenated alkanes) is 31. The van der Waals surface area contributed by atoms with Crippen LogP contribution < -0.4 is 0 Å². The fourth-order valence-corrected chi connectivity index (χ4v) is 11.3. The van der Waals surface area contributed by atoms with E-state index in [1.54, 1.807) is 15.8 Å². The van der Waals surface area contributed by atoms with Gasteiger partial charge in [0.2, 0.25) is 11.4 Å². The van der Waals surface area contributed by atoms with Gasteiger partial charge in [-0.05, 0) is 148 Å². The summed E-state index contributed by atoms with van der Waals surface area (Å²) in [5.74, 6) is 0. The summed E-state index contributed by atoms with van der Waals surface area (Å²) in [5, 5.41) is 0. The zero-order valence-corrected chi connectivity index (χ0v) is 54.2. The van der Waals surface area contributed by atoms with E-state index in [9.17, 15) is 5.53 Å². The van der Waals surface area contributed by atoms with E-state index in [4.69, 9.17) is 0 Å².